The van der Waals surface area contributed by atoms with Crippen molar-refractivity contribution in [1.82, 2.24) is 15.0 Å². The fourth-order valence-corrected chi connectivity index (χ4v) is 3.94. The van der Waals surface area contributed by atoms with E-state index in [4.69, 9.17) is 27.9 Å². The minimum Gasteiger partial charge on any atom is -0.497 e. The number of halogens is 2. The molecule has 178 valence electrons. The van der Waals surface area contributed by atoms with Gasteiger partial charge in [0.2, 0.25) is 17.8 Å². The zero-order valence-electron chi connectivity index (χ0n) is 18.5. The molecule has 35 heavy (non-hydrogen) atoms. The summed E-state index contributed by atoms with van der Waals surface area (Å²) in [7, 11) is 1.59. The van der Waals surface area contributed by atoms with Crippen LogP contribution < -0.4 is 20.7 Å². The quantitative estimate of drug-likeness (QED) is 0.215. The van der Waals surface area contributed by atoms with Gasteiger partial charge in [0, 0.05) is 27.1 Å². The van der Waals surface area contributed by atoms with Crippen molar-refractivity contribution in [2.24, 2.45) is 0 Å². The molecule has 3 N–H and O–H groups in total. The van der Waals surface area contributed by atoms with E-state index in [-0.39, 0.29) is 11.7 Å². The number of anilines is 5. The summed E-state index contributed by atoms with van der Waals surface area (Å²) in [6, 6.07) is 21.5. The molecule has 0 spiro atoms. The second-order valence-electron chi connectivity index (χ2n) is 7.10. The lowest BCUT2D eigenvalue weighted by molar-refractivity contribution is -0.113. The highest BCUT2D eigenvalue weighted by Crippen LogP contribution is 2.24. The number of hydrogen-bond donors (Lipinski definition) is 3. The van der Waals surface area contributed by atoms with Crippen molar-refractivity contribution in [3.8, 4) is 5.75 Å². The first kappa shape index (κ1) is 24.6. The predicted octanol–water partition coefficient (Wildman–Crippen LogP) is 6.41. The van der Waals surface area contributed by atoms with Crippen LogP contribution in [0.1, 0.15) is 0 Å². The third kappa shape index (κ3) is 7.48. The summed E-state index contributed by atoms with van der Waals surface area (Å²) in [4.78, 5) is 25.8. The first-order valence-corrected chi connectivity index (χ1v) is 12.1. The van der Waals surface area contributed by atoms with Crippen molar-refractivity contribution in [3.05, 3.63) is 82.8 Å². The topological polar surface area (TPSA) is 101 Å². The van der Waals surface area contributed by atoms with Gasteiger partial charge in [-0.2, -0.15) is 15.0 Å². The summed E-state index contributed by atoms with van der Waals surface area (Å²) in [6.07, 6.45) is 0. The number of carbonyl (C=O) groups excluding carboxylic acids is 1. The Morgan fingerprint density at radius 3 is 1.91 bits per heavy atom. The maximum atomic E-state index is 12.5. The Bertz CT molecular complexity index is 1260. The molecule has 1 amide bonds. The molecule has 8 nitrogen and oxygen atoms in total. The van der Waals surface area contributed by atoms with E-state index in [2.05, 4.69) is 30.9 Å². The summed E-state index contributed by atoms with van der Waals surface area (Å²) < 4.78 is 5.13. The molecule has 0 aliphatic rings. The Labute approximate surface area is 216 Å². The van der Waals surface area contributed by atoms with E-state index in [0.29, 0.717) is 49.9 Å². The van der Waals surface area contributed by atoms with E-state index in [0.717, 1.165) is 0 Å². The maximum Gasteiger partial charge on any atom is 0.234 e. The lowest BCUT2D eigenvalue weighted by Gasteiger charge is -2.11. The average molecular weight is 527 g/mol. The van der Waals surface area contributed by atoms with Crippen molar-refractivity contribution in [3.63, 3.8) is 0 Å². The van der Waals surface area contributed by atoms with Crippen LogP contribution in [0.2, 0.25) is 10.0 Å². The number of hydrogen-bond acceptors (Lipinski definition) is 8. The van der Waals surface area contributed by atoms with Crippen molar-refractivity contribution in [1.29, 1.82) is 0 Å². The normalized spacial score (nSPS) is 10.5. The molecule has 0 aliphatic carbocycles. The summed E-state index contributed by atoms with van der Waals surface area (Å²) in [5.41, 5.74) is 2.09. The number of amides is 1. The number of thioether (sulfide) groups is 1. The summed E-state index contributed by atoms with van der Waals surface area (Å²) in [5, 5.41) is 10.6. The fourth-order valence-electron chi connectivity index (χ4n) is 2.93. The second-order valence-corrected chi connectivity index (χ2v) is 8.92. The Morgan fingerprint density at radius 1 is 0.829 bits per heavy atom. The van der Waals surface area contributed by atoms with Gasteiger partial charge in [0.25, 0.3) is 0 Å². The monoisotopic (exact) mass is 526 g/mol. The third-order valence-corrected chi connectivity index (χ3v) is 5.80. The minimum atomic E-state index is -0.200. The molecule has 0 radical (unpaired) electrons. The number of rotatable bonds is 9. The molecule has 0 fully saturated rings. The lowest BCUT2D eigenvalue weighted by atomic mass is 10.3. The molecule has 4 aromatic rings. The van der Waals surface area contributed by atoms with Crippen molar-refractivity contribution in [2.45, 2.75) is 5.16 Å². The van der Waals surface area contributed by atoms with Crippen LogP contribution in [0.25, 0.3) is 0 Å². The van der Waals surface area contributed by atoms with Crippen molar-refractivity contribution in [2.75, 3.05) is 28.8 Å². The molecule has 4 rings (SSSR count). The van der Waals surface area contributed by atoms with Gasteiger partial charge < -0.3 is 20.7 Å². The van der Waals surface area contributed by atoms with Crippen molar-refractivity contribution < 1.29 is 9.53 Å². The van der Waals surface area contributed by atoms with Crippen LogP contribution in [0.3, 0.4) is 0 Å². The van der Waals surface area contributed by atoms with Crippen LogP contribution in [0.15, 0.2) is 78.0 Å². The Balaban J connectivity index is 1.50. The number of nitrogens with zero attached hydrogens (tertiary/aromatic N) is 3. The van der Waals surface area contributed by atoms with Gasteiger partial charge in [0.15, 0.2) is 5.16 Å². The van der Waals surface area contributed by atoms with Gasteiger partial charge >= 0.3 is 0 Å². The minimum absolute atomic E-state index is 0.100. The summed E-state index contributed by atoms with van der Waals surface area (Å²) >= 11 is 13.4. The smallest absolute Gasteiger partial charge is 0.234 e. The van der Waals surface area contributed by atoms with Gasteiger partial charge in [-0.1, -0.05) is 47.1 Å². The molecule has 0 bridgehead atoms. The second kappa shape index (κ2) is 11.7. The number of benzene rings is 3. The largest absolute Gasteiger partial charge is 0.497 e. The van der Waals surface area contributed by atoms with Gasteiger partial charge in [-0.15, -0.1) is 0 Å². The summed E-state index contributed by atoms with van der Waals surface area (Å²) in [5.74, 6) is 1.20. The average Bonchev–Trinajstić information content (AvgIpc) is 2.83. The Hall–Kier alpha value is -3.53. The van der Waals surface area contributed by atoms with E-state index in [1.807, 2.05) is 24.3 Å². The standard InChI is InChI=1S/C24H20Cl2N6O2S/c1-34-20-10-8-17(9-11-20)27-21(33)14-35-24-31-22(28-18-6-2-4-15(25)12-18)30-23(32-24)29-19-7-3-5-16(26)13-19/h2-13H,14H2,1H3,(H,27,33)(H2,28,29,30,31,32). The first-order chi connectivity index (χ1) is 17.0. The van der Waals surface area contributed by atoms with E-state index in [1.54, 1.807) is 55.6 Å². The molecule has 0 saturated heterocycles. The Morgan fingerprint density at radius 2 is 1.40 bits per heavy atom. The number of ether oxygens (including phenoxy) is 1. The van der Waals surface area contributed by atoms with Gasteiger partial charge in [-0.05, 0) is 60.7 Å². The van der Waals surface area contributed by atoms with E-state index in [9.17, 15) is 4.79 Å². The molecule has 0 atom stereocenters. The third-order valence-electron chi connectivity index (χ3n) is 4.48. The maximum absolute atomic E-state index is 12.5. The molecule has 0 aliphatic heterocycles. The lowest BCUT2D eigenvalue weighted by Crippen LogP contribution is -2.14. The zero-order chi connectivity index (χ0) is 24.6. The molecule has 0 unspecified atom stereocenters. The number of nitrogens with one attached hydrogen (secondary N) is 3. The van der Waals surface area contributed by atoms with Crippen LogP contribution in [-0.2, 0) is 4.79 Å². The number of aromatic nitrogens is 3. The van der Waals surface area contributed by atoms with Crippen LogP contribution in [0, 0.1) is 0 Å². The molecular weight excluding hydrogens is 507 g/mol. The van der Waals surface area contributed by atoms with Crippen molar-refractivity contribution >= 4 is 69.8 Å². The summed E-state index contributed by atoms with van der Waals surface area (Å²) in [6.45, 7) is 0. The highest BCUT2D eigenvalue weighted by molar-refractivity contribution is 7.99. The molecule has 1 heterocycles. The highest BCUT2D eigenvalue weighted by Gasteiger charge is 2.11. The number of methoxy groups -OCH3 is 1. The highest BCUT2D eigenvalue weighted by atomic mass is 35.5. The molecule has 3 aromatic carbocycles. The van der Waals surface area contributed by atoms with Gasteiger partial charge in [0.1, 0.15) is 5.75 Å². The zero-order valence-corrected chi connectivity index (χ0v) is 20.8. The predicted molar refractivity (Wildman–Crippen MR) is 142 cm³/mol. The van der Waals surface area contributed by atoms with Crippen LogP contribution in [0.5, 0.6) is 5.75 Å². The van der Waals surface area contributed by atoms with Gasteiger partial charge in [-0.3, -0.25) is 4.79 Å². The van der Waals surface area contributed by atoms with E-state index in [1.165, 1.54) is 11.8 Å². The van der Waals surface area contributed by atoms with Crippen LogP contribution in [0.4, 0.5) is 29.0 Å². The molecule has 11 heteroatoms. The van der Waals surface area contributed by atoms with E-state index >= 15 is 0 Å². The molecular formula is C24H20Cl2N6O2S. The molecule has 0 saturated carbocycles. The van der Waals surface area contributed by atoms with Gasteiger partial charge in [-0.25, -0.2) is 0 Å². The molecule has 1 aromatic heterocycles. The fraction of sp³-hybridized carbons (Fsp3) is 0.0833. The van der Waals surface area contributed by atoms with E-state index < -0.39 is 0 Å². The SMILES string of the molecule is COc1ccc(NC(=O)CSc2nc(Nc3cccc(Cl)c3)nc(Nc3cccc(Cl)c3)n2)cc1. The van der Waals surface area contributed by atoms with Crippen LogP contribution in [-0.4, -0.2) is 33.7 Å². The number of carbonyl (C=O) groups is 1. The van der Waals surface area contributed by atoms with Gasteiger partial charge in [0.05, 0.1) is 12.9 Å². The van der Waals surface area contributed by atoms with Crippen LogP contribution >= 0.6 is 35.0 Å². The Kier molecular flexibility index (Phi) is 8.25. The first-order valence-electron chi connectivity index (χ1n) is 10.3.